The van der Waals surface area contributed by atoms with E-state index >= 15 is 0 Å². The molecule has 0 unspecified atom stereocenters. The number of hydrogen-bond acceptors (Lipinski definition) is 2. The van der Waals surface area contributed by atoms with E-state index in [0.29, 0.717) is 0 Å². The highest BCUT2D eigenvalue weighted by atomic mass is 15.3. The van der Waals surface area contributed by atoms with Crippen molar-refractivity contribution in [1.82, 2.24) is 9.78 Å². The molecule has 3 heteroatoms. The van der Waals surface area contributed by atoms with Crippen molar-refractivity contribution < 1.29 is 0 Å². The van der Waals surface area contributed by atoms with E-state index in [1.807, 2.05) is 35.1 Å². The van der Waals surface area contributed by atoms with Crippen LogP contribution in [0, 0.1) is 13.8 Å². The molecule has 1 aromatic heterocycles. The number of para-hydroxylation sites is 1. The van der Waals surface area contributed by atoms with Crippen molar-refractivity contribution in [1.29, 1.82) is 0 Å². The minimum absolute atomic E-state index is 0.726. The molecular formula is C18H19N3. The molecule has 1 N–H and O–H groups in total. The lowest BCUT2D eigenvalue weighted by Gasteiger charge is -2.09. The summed E-state index contributed by atoms with van der Waals surface area (Å²) >= 11 is 0. The smallest absolute Gasteiger partial charge is 0.0819 e. The van der Waals surface area contributed by atoms with Crippen molar-refractivity contribution in [3.8, 4) is 5.69 Å². The summed E-state index contributed by atoms with van der Waals surface area (Å²) in [4.78, 5) is 0. The number of aromatic nitrogens is 2. The Morgan fingerprint density at radius 2 is 1.81 bits per heavy atom. The molecule has 2 aromatic carbocycles. The summed E-state index contributed by atoms with van der Waals surface area (Å²) in [5.74, 6) is 0. The fourth-order valence-electron chi connectivity index (χ4n) is 2.29. The Morgan fingerprint density at radius 1 is 1.00 bits per heavy atom. The molecule has 0 aliphatic rings. The van der Waals surface area contributed by atoms with Gasteiger partial charge in [0, 0.05) is 11.9 Å². The third-order valence-corrected chi connectivity index (χ3v) is 3.52. The predicted molar refractivity (Wildman–Crippen MR) is 86.8 cm³/mol. The molecule has 3 rings (SSSR count). The van der Waals surface area contributed by atoms with Crippen molar-refractivity contribution in [2.24, 2.45) is 0 Å². The van der Waals surface area contributed by atoms with Crippen LogP contribution in [0.15, 0.2) is 60.8 Å². The third kappa shape index (κ3) is 3.14. The normalized spacial score (nSPS) is 10.6. The first-order chi connectivity index (χ1) is 10.2. The molecule has 106 valence electrons. The summed E-state index contributed by atoms with van der Waals surface area (Å²) in [6.45, 7) is 4.95. The van der Waals surface area contributed by atoms with Gasteiger partial charge in [-0.3, -0.25) is 0 Å². The van der Waals surface area contributed by atoms with E-state index in [1.54, 1.807) is 0 Å². The maximum atomic E-state index is 4.60. The van der Waals surface area contributed by atoms with Crippen molar-refractivity contribution in [2.75, 3.05) is 5.32 Å². The van der Waals surface area contributed by atoms with Gasteiger partial charge in [0.15, 0.2) is 0 Å². The molecule has 0 bridgehead atoms. The molecular weight excluding hydrogens is 258 g/mol. The minimum atomic E-state index is 0.726. The van der Waals surface area contributed by atoms with E-state index in [2.05, 4.69) is 54.6 Å². The molecule has 0 spiro atoms. The number of benzene rings is 2. The molecule has 0 radical (unpaired) electrons. The molecule has 0 atom stereocenters. The monoisotopic (exact) mass is 277 g/mol. The Hall–Kier alpha value is -2.55. The molecule has 0 fully saturated rings. The second kappa shape index (κ2) is 5.83. The van der Waals surface area contributed by atoms with Gasteiger partial charge >= 0.3 is 0 Å². The second-order valence-corrected chi connectivity index (χ2v) is 5.26. The van der Waals surface area contributed by atoms with Gasteiger partial charge in [-0.15, -0.1) is 0 Å². The lowest BCUT2D eigenvalue weighted by Crippen LogP contribution is -2.03. The molecule has 0 aliphatic carbocycles. The van der Waals surface area contributed by atoms with Crippen LogP contribution in [0.5, 0.6) is 0 Å². The first-order valence-electron chi connectivity index (χ1n) is 7.13. The van der Waals surface area contributed by atoms with Crippen molar-refractivity contribution in [3.63, 3.8) is 0 Å². The maximum Gasteiger partial charge on any atom is 0.0819 e. The highest BCUT2D eigenvalue weighted by Crippen LogP contribution is 2.17. The number of nitrogens with zero attached hydrogens (tertiary/aromatic N) is 2. The van der Waals surface area contributed by atoms with E-state index < -0.39 is 0 Å². The van der Waals surface area contributed by atoms with E-state index in [9.17, 15) is 0 Å². The Balaban J connectivity index is 1.72. The fourth-order valence-corrected chi connectivity index (χ4v) is 2.29. The van der Waals surface area contributed by atoms with E-state index in [-0.39, 0.29) is 0 Å². The number of aryl methyl sites for hydroxylation is 2. The zero-order valence-electron chi connectivity index (χ0n) is 12.4. The van der Waals surface area contributed by atoms with Crippen LogP contribution in [0.3, 0.4) is 0 Å². The molecule has 0 aliphatic heterocycles. The number of hydrogen-bond donors (Lipinski definition) is 1. The van der Waals surface area contributed by atoms with Gasteiger partial charge < -0.3 is 5.32 Å². The van der Waals surface area contributed by atoms with Crippen molar-refractivity contribution >= 4 is 5.69 Å². The van der Waals surface area contributed by atoms with Gasteiger partial charge in [0.2, 0.25) is 0 Å². The van der Waals surface area contributed by atoms with Crippen LogP contribution in [0.4, 0.5) is 5.69 Å². The highest BCUT2D eigenvalue weighted by Gasteiger charge is 2.02. The standard InChI is InChI=1S/C18H19N3/c1-14-8-9-15(2)18(12-14)19-13-16-10-11-21(20-16)17-6-4-3-5-7-17/h3-12,19H,13H2,1-2H3. The Kier molecular flexibility index (Phi) is 3.73. The van der Waals surface area contributed by atoms with Crippen molar-refractivity contribution in [2.45, 2.75) is 20.4 Å². The van der Waals surface area contributed by atoms with Crippen LogP contribution < -0.4 is 5.32 Å². The van der Waals surface area contributed by atoms with Crippen LogP contribution in [0.1, 0.15) is 16.8 Å². The SMILES string of the molecule is Cc1ccc(C)c(NCc2ccn(-c3ccccc3)n2)c1. The van der Waals surface area contributed by atoms with Crippen LogP contribution in [-0.4, -0.2) is 9.78 Å². The first-order valence-corrected chi connectivity index (χ1v) is 7.13. The van der Waals surface area contributed by atoms with Gasteiger partial charge in [0.25, 0.3) is 0 Å². The van der Waals surface area contributed by atoms with Crippen LogP contribution in [0.2, 0.25) is 0 Å². The van der Waals surface area contributed by atoms with E-state index in [1.165, 1.54) is 16.8 Å². The molecule has 3 aromatic rings. The van der Waals surface area contributed by atoms with Gasteiger partial charge in [-0.1, -0.05) is 30.3 Å². The quantitative estimate of drug-likeness (QED) is 0.778. The summed E-state index contributed by atoms with van der Waals surface area (Å²) in [7, 11) is 0. The average molecular weight is 277 g/mol. The number of anilines is 1. The van der Waals surface area contributed by atoms with Gasteiger partial charge in [-0.25, -0.2) is 4.68 Å². The van der Waals surface area contributed by atoms with Gasteiger partial charge in [0.05, 0.1) is 17.9 Å². The summed E-state index contributed by atoms with van der Waals surface area (Å²) in [6, 6.07) is 18.6. The zero-order chi connectivity index (χ0) is 14.7. The highest BCUT2D eigenvalue weighted by molar-refractivity contribution is 5.52. The summed E-state index contributed by atoms with van der Waals surface area (Å²) in [5.41, 5.74) is 5.79. The predicted octanol–water partition coefficient (Wildman–Crippen LogP) is 4.10. The average Bonchev–Trinajstić information content (AvgIpc) is 2.98. The lowest BCUT2D eigenvalue weighted by atomic mass is 10.1. The second-order valence-electron chi connectivity index (χ2n) is 5.26. The van der Waals surface area contributed by atoms with Gasteiger partial charge in [0.1, 0.15) is 0 Å². The Morgan fingerprint density at radius 3 is 2.62 bits per heavy atom. The van der Waals surface area contributed by atoms with Crippen LogP contribution in [-0.2, 0) is 6.54 Å². The third-order valence-electron chi connectivity index (χ3n) is 3.52. The molecule has 0 saturated carbocycles. The maximum absolute atomic E-state index is 4.60. The number of rotatable bonds is 4. The van der Waals surface area contributed by atoms with Gasteiger partial charge in [-0.05, 0) is 49.2 Å². The van der Waals surface area contributed by atoms with Crippen LogP contribution >= 0.6 is 0 Å². The Labute approximate surface area is 125 Å². The summed E-state index contributed by atoms with van der Waals surface area (Å²) in [5, 5.41) is 8.06. The zero-order valence-corrected chi connectivity index (χ0v) is 12.4. The first kappa shape index (κ1) is 13.4. The van der Waals surface area contributed by atoms with Gasteiger partial charge in [-0.2, -0.15) is 5.10 Å². The fraction of sp³-hybridized carbons (Fsp3) is 0.167. The van der Waals surface area contributed by atoms with E-state index in [4.69, 9.17) is 0 Å². The molecule has 0 saturated heterocycles. The summed E-state index contributed by atoms with van der Waals surface area (Å²) < 4.78 is 1.90. The largest absolute Gasteiger partial charge is 0.379 e. The molecule has 0 amide bonds. The van der Waals surface area contributed by atoms with E-state index in [0.717, 1.165) is 17.9 Å². The summed E-state index contributed by atoms with van der Waals surface area (Å²) in [6.07, 6.45) is 2.00. The minimum Gasteiger partial charge on any atom is -0.379 e. The molecule has 21 heavy (non-hydrogen) atoms. The Bertz CT molecular complexity index is 729. The van der Waals surface area contributed by atoms with Crippen molar-refractivity contribution in [3.05, 3.63) is 77.6 Å². The van der Waals surface area contributed by atoms with Crippen LogP contribution in [0.25, 0.3) is 5.69 Å². The molecule has 3 nitrogen and oxygen atoms in total. The molecule has 1 heterocycles. The number of nitrogens with one attached hydrogen (secondary N) is 1. The topological polar surface area (TPSA) is 29.9 Å². The lowest BCUT2D eigenvalue weighted by molar-refractivity contribution is 0.843.